The first-order valence-electron chi connectivity index (χ1n) is 8.66. The van der Waals surface area contributed by atoms with Crippen LogP contribution in [0.3, 0.4) is 0 Å². The van der Waals surface area contributed by atoms with Crippen molar-refractivity contribution in [3.63, 3.8) is 0 Å². The van der Waals surface area contributed by atoms with Crippen LogP contribution in [-0.2, 0) is 9.47 Å². The van der Waals surface area contributed by atoms with Gasteiger partial charge in [-0.25, -0.2) is 9.31 Å². The molecule has 9 heteroatoms. The molecule has 0 aliphatic carbocycles. The number of carbonyl (C=O) groups is 1. The van der Waals surface area contributed by atoms with E-state index in [1.807, 2.05) is 39.1 Å². The lowest BCUT2D eigenvalue weighted by atomic mass is 10.2. The molecule has 0 saturated carbocycles. The Morgan fingerprint density at radius 3 is 2.88 bits per heavy atom. The van der Waals surface area contributed by atoms with Crippen molar-refractivity contribution in [1.82, 2.24) is 19.5 Å². The number of anilines is 1. The molecule has 3 saturated heterocycles. The summed E-state index contributed by atoms with van der Waals surface area (Å²) in [5.41, 5.74) is 1.19. The zero-order valence-corrected chi connectivity index (χ0v) is 15.8. The van der Waals surface area contributed by atoms with Crippen LogP contribution in [0.5, 0.6) is 0 Å². The van der Waals surface area contributed by atoms with E-state index in [-0.39, 0.29) is 23.5 Å². The maximum atomic E-state index is 12.5. The Labute approximate surface area is 156 Å². The average molecular weight is 380 g/mol. The minimum Gasteiger partial charge on any atom is -0.444 e. The highest BCUT2D eigenvalue weighted by Crippen LogP contribution is 2.27. The summed E-state index contributed by atoms with van der Waals surface area (Å²) in [5.74, 6) is 0. The van der Waals surface area contributed by atoms with Crippen molar-refractivity contribution in [2.45, 2.75) is 38.5 Å². The van der Waals surface area contributed by atoms with Gasteiger partial charge in [-0.3, -0.25) is 0 Å². The standard InChI is InChI=1S/C17H22ClN5O3/c1-17(2,3)26-16(24)21-6-12-10-25-13(8-21)9-22(12)11-4-5-14-19-15(18)20-23(14)7-11/h4-5,7,12-13H,6,8-10H2,1-3H3. The Balaban J connectivity index is 1.56. The van der Waals surface area contributed by atoms with E-state index in [0.29, 0.717) is 31.9 Å². The molecule has 26 heavy (non-hydrogen) atoms. The lowest BCUT2D eigenvalue weighted by molar-refractivity contribution is 0.0134. The van der Waals surface area contributed by atoms with Gasteiger partial charge in [0.05, 0.1) is 37.2 Å². The molecule has 3 fully saturated rings. The molecule has 2 unspecified atom stereocenters. The third kappa shape index (κ3) is 3.43. The first-order valence-corrected chi connectivity index (χ1v) is 9.04. The van der Waals surface area contributed by atoms with Crippen molar-refractivity contribution in [2.75, 3.05) is 31.1 Å². The molecule has 140 valence electrons. The van der Waals surface area contributed by atoms with Gasteiger partial charge < -0.3 is 19.3 Å². The van der Waals surface area contributed by atoms with E-state index >= 15 is 0 Å². The molecule has 5 rings (SSSR count). The summed E-state index contributed by atoms with van der Waals surface area (Å²) in [7, 11) is 0. The predicted octanol–water partition coefficient (Wildman–Crippen LogP) is 2.21. The van der Waals surface area contributed by atoms with Crippen molar-refractivity contribution >= 4 is 29.0 Å². The second-order valence-electron chi connectivity index (χ2n) is 7.72. The van der Waals surface area contributed by atoms with Gasteiger partial charge in [0.15, 0.2) is 5.65 Å². The number of morpholine rings is 1. The molecule has 8 nitrogen and oxygen atoms in total. The zero-order valence-electron chi connectivity index (χ0n) is 15.1. The van der Waals surface area contributed by atoms with Gasteiger partial charge in [0.2, 0.25) is 5.28 Å². The Hall–Kier alpha value is -2.06. The maximum Gasteiger partial charge on any atom is 0.410 e. The molecule has 2 aromatic rings. The van der Waals surface area contributed by atoms with Crippen molar-refractivity contribution in [1.29, 1.82) is 0 Å². The summed E-state index contributed by atoms with van der Waals surface area (Å²) in [6.07, 6.45) is 1.56. The normalized spacial score (nSPS) is 23.4. The molecule has 5 heterocycles. The summed E-state index contributed by atoms with van der Waals surface area (Å²) < 4.78 is 13.1. The number of carbonyl (C=O) groups excluding carboxylic acids is 1. The Bertz CT molecular complexity index is 833. The maximum absolute atomic E-state index is 12.5. The van der Waals surface area contributed by atoms with E-state index < -0.39 is 5.60 Å². The molecule has 0 spiro atoms. The molecule has 3 aliphatic rings. The van der Waals surface area contributed by atoms with E-state index in [1.54, 1.807) is 9.42 Å². The third-order valence-corrected chi connectivity index (χ3v) is 4.65. The Morgan fingerprint density at radius 2 is 2.12 bits per heavy atom. The van der Waals surface area contributed by atoms with Gasteiger partial charge in [0.25, 0.3) is 0 Å². The van der Waals surface area contributed by atoms with Crippen LogP contribution in [0.2, 0.25) is 5.28 Å². The zero-order chi connectivity index (χ0) is 18.5. The highest BCUT2D eigenvalue weighted by atomic mass is 35.5. The SMILES string of the molecule is CC(C)(C)OC(=O)N1CC2CN(c3ccc4nc(Cl)nn4c3)C(CO2)C1. The predicted molar refractivity (Wildman–Crippen MR) is 96.7 cm³/mol. The fraction of sp³-hybridized carbons (Fsp3) is 0.588. The molecule has 2 atom stereocenters. The molecule has 3 aliphatic heterocycles. The number of rotatable bonds is 1. The largest absolute Gasteiger partial charge is 0.444 e. The fourth-order valence-corrected chi connectivity index (χ4v) is 3.57. The summed E-state index contributed by atoms with van der Waals surface area (Å²) >= 11 is 5.88. The van der Waals surface area contributed by atoms with E-state index in [0.717, 1.165) is 5.69 Å². The van der Waals surface area contributed by atoms with E-state index in [9.17, 15) is 4.79 Å². The highest BCUT2D eigenvalue weighted by Gasteiger charge is 2.38. The molecule has 1 amide bonds. The van der Waals surface area contributed by atoms with E-state index in [1.165, 1.54) is 0 Å². The van der Waals surface area contributed by atoms with Crippen molar-refractivity contribution in [3.05, 3.63) is 23.6 Å². The van der Waals surface area contributed by atoms with Crippen LogP contribution in [0.4, 0.5) is 10.5 Å². The fourth-order valence-electron chi connectivity index (χ4n) is 3.40. The molecule has 2 aromatic heterocycles. The molecule has 0 N–H and O–H groups in total. The smallest absolute Gasteiger partial charge is 0.410 e. The number of amides is 1. The summed E-state index contributed by atoms with van der Waals surface area (Å²) in [6.45, 7) is 7.98. The van der Waals surface area contributed by atoms with Gasteiger partial charge in [0.1, 0.15) is 5.60 Å². The number of halogens is 1. The molecular formula is C17H22ClN5O3. The number of hydrogen-bond donors (Lipinski definition) is 0. The number of nitrogens with zero attached hydrogens (tertiary/aromatic N) is 5. The van der Waals surface area contributed by atoms with Crippen LogP contribution in [0.15, 0.2) is 18.3 Å². The number of hydrogen-bond acceptors (Lipinski definition) is 6. The van der Waals surface area contributed by atoms with Gasteiger partial charge in [-0.15, -0.1) is 5.10 Å². The molecule has 0 radical (unpaired) electrons. The quantitative estimate of drug-likeness (QED) is 0.756. The van der Waals surface area contributed by atoms with Gasteiger partial charge in [0, 0.05) is 13.1 Å². The number of pyridine rings is 1. The first kappa shape index (κ1) is 17.4. The Kier molecular flexibility index (Phi) is 4.19. The van der Waals surface area contributed by atoms with Crippen LogP contribution < -0.4 is 4.90 Å². The molecular weight excluding hydrogens is 358 g/mol. The average Bonchev–Trinajstić information content (AvgIpc) is 2.72. The summed E-state index contributed by atoms with van der Waals surface area (Å²) in [5, 5.41) is 4.39. The van der Waals surface area contributed by atoms with Crippen molar-refractivity contribution < 1.29 is 14.3 Å². The van der Waals surface area contributed by atoms with Crippen LogP contribution >= 0.6 is 11.6 Å². The molecule has 0 aromatic carbocycles. The van der Waals surface area contributed by atoms with Gasteiger partial charge in [-0.1, -0.05) is 0 Å². The lowest BCUT2D eigenvalue weighted by Crippen LogP contribution is -2.49. The highest BCUT2D eigenvalue weighted by molar-refractivity contribution is 6.28. The van der Waals surface area contributed by atoms with E-state index in [2.05, 4.69) is 15.0 Å². The topological polar surface area (TPSA) is 72.2 Å². The molecule has 2 bridgehead atoms. The second kappa shape index (κ2) is 6.28. The van der Waals surface area contributed by atoms with Crippen molar-refractivity contribution in [2.24, 2.45) is 0 Å². The minimum atomic E-state index is -0.514. The minimum absolute atomic E-state index is 0.0534. The van der Waals surface area contributed by atoms with Crippen LogP contribution in [-0.4, -0.2) is 69.6 Å². The second-order valence-corrected chi connectivity index (χ2v) is 8.06. The van der Waals surface area contributed by atoms with Crippen LogP contribution in [0, 0.1) is 0 Å². The monoisotopic (exact) mass is 379 g/mol. The van der Waals surface area contributed by atoms with Gasteiger partial charge in [-0.05, 0) is 44.5 Å². The summed E-state index contributed by atoms with van der Waals surface area (Å²) in [6, 6.07) is 3.94. The Morgan fingerprint density at radius 1 is 1.31 bits per heavy atom. The van der Waals surface area contributed by atoms with Crippen LogP contribution in [0.1, 0.15) is 20.8 Å². The van der Waals surface area contributed by atoms with Gasteiger partial charge >= 0.3 is 6.09 Å². The number of aromatic nitrogens is 3. The van der Waals surface area contributed by atoms with Gasteiger partial charge in [-0.2, -0.15) is 4.98 Å². The number of fused-ring (bicyclic) bond motifs is 5. The summed E-state index contributed by atoms with van der Waals surface area (Å²) in [4.78, 5) is 20.6. The third-order valence-electron chi connectivity index (χ3n) is 4.49. The van der Waals surface area contributed by atoms with Crippen LogP contribution in [0.25, 0.3) is 5.65 Å². The lowest BCUT2D eigenvalue weighted by Gasteiger charge is -2.37. The number of ether oxygens (including phenoxy) is 2. The van der Waals surface area contributed by atoms with E-state index in [4.69, 9.17) is 21.1 Å². The van der Waals surface area contributed by atoms with Crippen molar-refractivity contribution in [3.8, 4) is 0 Å². The first-order chi connectivity index (χ1) is 12.3.